The highest BCUT2D eigenvalue weighted by atomic mass is 19.1. The fraction of sp³-hybridized carbons (Fsp3) is 0.476. The van der Waals surface area contributed by atoms with Crippen LogP contribution >= 0.6 is 0 Å². The third-order valence-electron chi connectivity index (χ3n) is 4.99. The van der Waals surface area contributed by atoms with Gasteiger partial charge in [0.2, 0.25) is 11.9 Å². The summed E-state index contributed by atoms with van der Waals surface area (Å²) in [6, 6.07) is 1.54. The molecular weight excluding hydrogens is 407 g/mol. The lowest BCUT2D eigenvalue weighted by atomic mass is 9.96. The minimum atomic E-state index is -1.05. The Kier molecular flexibility index (Phi) is 8.05. The standard InChI is InChI=1S/C17H17F3N6.C4H11N/c18-9-6-11(19)14(12(20)7-9)24-17-23-13-8-21-16(25-15(13)26-17)22-10-4-2-1-3-5-10;1-2-3-4-5/h6-8,10H,1-5H2,(H3,21,22,23,24,25,26);2-5H2,1H3. The van der Waals surface area contributed by atoms with Gasteiger partial charge in [-0.15, -0.1) is 0 Å². The molecule has 0 unspecified atom stereocenters. The maximum absolute atomic E-state index is 13.8. The monoisotopic (exact) mass is 435 g/mol. The van der Waals surface area contributed by atoms with Crippen molar-refractivity contribution in [1.82, 2.24) is 19.9 Å². The number of unbranched alkanes of at least 4 members (excludes halogenated alkanes) is 1. The number of nitrogens with one attached hydrogen (secondary N) is 3. The van der Waals surface area contributed by atoms with Crippen LogP contribution in [0.4, 0.5) is 30.8 Å². The van der Waals surface area contributed by atoms with Gasteiger partial charge in [-0.25, -0.2) is 18.2 Å². The van der Waals surface area contributed by atoms with Crippen LogP contribution in [0.3, 0.4) is 0 Å². The van der Waals surface area contributed by atoms with Crippen LogP contribution in [0.5, 0.6) is 0 Å². The van der Waals surface area contributed by atoms with Gasteiger partial charge in [0.15, 0.2) is 17.3 Å². The number of benzene rings is 1. The average Bonchev–Trinajstić information content (AvgIpc) is 3.14. The van der Waals surface area contributed by atoms with E-state index >= 15 is 0 Å². The molecule has 2 heterocycles. The van der Waals surface area contributed by atoms with Gasteiger partial charge < -0.3 is 21.4 Å². The molecule has 31 heavy (non-hydrogen) atoms. The van der Waals surface area contributed by atoms with Crippen molar-refractivity contribution in [3.8, 4) is 0 Å². The maximum atomic E-state index is 13.8. The van der Waals surface area contributed by atoms with Gasteiger partial charge >= 0.3 is 0 Å². The van der Waals surface area contributed by atoms with E-state index in [4.69, 9.17) is 5.73 Å². The van der Waals surface area contributed by atoms with Gasteiger partial charge in [0, 0.05) is 18.2 Å². The lowest BCUT2D eigenvalue weighted by Gasteiger charge is -2.22. The van der Waals surface area contributed by atoms with E-state index in [1.165, 1.54) is 32.1 Å². The third kappa shape index (κ3) is 6.30. The second-order valence-corrected chi connectivity index (χ2v) is 7.51. The molecule has 5 N–H and O–H groups in total. The summed E-state index contributed by atoms with van der Waals surface area (Å²) < 4.78 is 40.5. The molecule has 4 rings (SSSR count). The van der Waals surface area contributed by atoms with E-state index < -0.39 is 23.1 Å². The van der Waals surface area contributed by atoms with Crippen LogP contribution in [-0.2, 0) is 0 Å². The first-order valence-electron chi connectivity index (χ1n) is 10.6. The molecule has 0 amide bonds. The molecule has 0 spiro atoms. The Balaban J connectivity index is 0.000000491. The molecular formula is C21H28F3N7. The number of rotatable bonds is 6. The lowest BCUT2D eigenvalue weighted by Crippen LogP contribution is -2.23. The molecule has 1 aromatic carbocycles. The summed E-state index contributed by atoms with van der Waals surface area (Å²) in [7, 11) is 0. The molecule has 1 fully saturated rings. The molecule has 1 saturated carbocycles. The SMILES string of the molecule is CCCCN.Fc1cc(F)c(Nc2nc3nc(NC4CCCCC4)ncc3[nH]2)c(F)c1. The van der Waals surface area contributed by atoms with Crippen LogP contribution in [0, 0.1) is 17.5 Å². The fourth-order valence-corrected chi connectivity index (χ4v) is 3.35. The second-order valence-electron chi connectivity index (χ2n) is 7.51. The number of imidazole rings is 1. The Bertz CT molecular complexity index is 961. The quantitative estimate of drug-likeness (QED) is 0.434. The van der Waals surface area contributed by atoms with Gasteiger partial charge in [0.25, 0.3) is 0 Å². The normalized spacial score (nSPS) is 14.2. The number of hydrogen-bond donors (Lipinski definition) is 4. The molecule has 7 nitrogen and oxygen atoms in total. The van der Waals surface area contributed by atoms with Crippen LogP contribution in [-0.4, -0.2) is 32.5 Å². The van der Waals surface area contributed by atoms with E-state index in [0.29, 0.717) is 35.3 Å². The molecule has 0 saturated heterocycles. The van der Waals surface area contributed by atoms with E-state index in [-0.39, 0.29) is 5.95 Å². The number of anilines is 3. The molecule has 3 aromatic rings. The highest BCUT2D eigenvalue weighted by Gasteiger charge is 2.16. The van der Waals surface area contributed by atoms with Crippen LogP contribution in [0.15, 0.2) is 18.3 Å². The van der Waals surface area contributed by atoms with Crippen molar-refractivity contribution in [2.45, 2.75) is 57.9 Å². The zero-order valence-electron chi connectivity index (χ0n) is 17.5. The summed E-state index contributed by atoms with van der Waals surface area (Å²) in [5.41, 5.74) is 5.53. The van der Waals surface area contributed by atoms with E-state index in [9.17, 15) is 13.2 Å². The zero-order valence-corrected chi connectivity index (χ0v) is 17.5. The number of nitrogens with zero attached hydrogens (tertiary/aromatic N) is 3. The van der Waals surface area contributed by atoms with Gasteiger partial charge in [-0.2, -0.15) is 9.97 Å². The molecule has 1 aliphatic carbocycles. The predicted molar refractivity (Wildman–Crippen MR) is 116 cm³/mol. The van der Waals surface area contributed by atoms with E-state index in [1.54, 1.807) is 6.20 Å². The molecule has 0 aliphatic heterocycles. The van der Waals surface area contributed by atoms with E-state index in [2.05, 4.69) is 37.5 Å². The van der Waals surface area contributed by atoms with Crippen molar-refractivity contribution in [2.24, 2.45) is 5.73 Å². The topological polar surface area (TPSA) is 105 Å². The molecule has 0 bridgehead atoms. The van der Waals surface area contributed by atoms with Crippen molar-refractivity contribution in [3.63, 3.8) is 0 Å². The molecule has 0 atom stereocenters. The highest BCUT2D eigenvalue weighted by Crippen LogP contribution is 2.25. The van der Waals surface area contributed by atoms with Gasteiger partial charge in [0.05, 0.1) is 6.20 Å². The Morgan fingerprint density at radius 1 is 1.10 bits per heavy atom. The summed E-state index contributed by atoms with van der Waals surface area (Å²) in [5, 5.41) is 5.78. The van der Waals surface area contributed by atoms with Crippen LogP contribution < -0.4 is 16.4 Å². The zero-order chi connectivity index (χ0) is 22.2. The van der Waals surface area contributed by atoms with Crippen molar-refractivity contribution in [1.29, 1.82) is 0 Å². The summed E-state index contributed by atoms with van der Waals surface area (Å²) in [4.78, 5) is 15.6. The fourth-order valence-electron chi connectivity index (χ4n) is 3.35. The highest BCUT2D eigenvalue weighted by molar-refractivity contribution is 5.75. The summed E-state index contributed by atoms with van der Waals surface area (Å²) in [6.45, 7) is 2.98. The Morgan fingerprint density at radius 2 is 1.81 bits per heavy atom. The first-order valence-corrected chi connectivity index (χ1v) is 10.6. The smallest absolute Gasteiger partial charge is 0.225 e. The van der Waals surface area contributed by atoms with Crippen LogP contribution in [0.2, 0.25) is 0 Å². The Labute approximate surface area is 179 Å². The van der Waals surface area contributed by atoms with Crippen molar-refractivity contribution in [3.05, 3.63) is 35.8 Å². The van der Waals surface area contributed by atoms with Gasteiger partial charge in [0.1, 0.15) is 17.0 Å². The second kappa shape index (κ2) is 10.9. The van der Waals surface area contributed by atoms with Crippen molar-refractivity contribution < 1.29 is 13.2 Å². The third-order valence-corrected chi connectivity index (χ3v) is 4.99. The largest absolute Gasteiger partial charge is 0.351 e. The molecule has 168 valence electrons. The number of hydrogen-bond acceptors (Lipinski definition) is 6. The summed E-state index contributed by atoms with van der Waals surface area (Å²) in [5.74, 6) is -2.52. The number of aromatic nitrogens is 4. The van der Waals surface area contributed by atoms with Crippen molar-refractivity contribution in [2.75, 3.05) is 17.2 Å². The maximum Gasteiger partial charge on any atom is 0.225 e. The van der Waals surface area contributed by atoms with Gasteiger partial charge in [-0.1, -0.05) is 32.6 Å². The Hall–Kier alpha value is -2.88. The number of halogens is 3. The van der Waals surface area contributed by atoms with Gasteiger partial charge in [-0.05, 0) is 25.8 Å². The molecule has 2 aromatic heterocycles. The average molecular weight is 435 g/mol. The molecule has 0 radical (unpaired) electrons. The van der Waals surface area contributed by atoms with Crippen LogP contribution in [0.1, 0.15) is 51.9 Å². The number of H-pyrrole nitrogens is 1. The first kappa shape index (κ1) is 22.8. The number of nitrogens with two attached hydrogens (primary N) is 1. The van der Waals surface area contributed by atoms with Crippen LogP contribution in [0.25, 0.3) is 11.2 Å². The summed E-state index contributed by atoms with van der Waals surface area (Å²) >= 11 is 0. The molecule has 1 aliphatic rings. The number of aromatic amines is 1. The number of fused-ring (bicyclic) bond motifs is 1. The Morgan fingerprint density at radius 3 is 2.42 bits per heavy atom. The predicted octanol–water partition coefficient (Wildman–Crippen LogP) is 5.00. The minimum absolute atomic E-state index is 0.0912. The van der Waals surface area contributed by atoms with Crippen molar-refractivity contribution >= 4 is 28.7 Å². The minimum Gasteiger partial charge on any atom is -0.351 e. The first-order chi connectivity index (χ1) is 15.0. The summed E-state index contributed by atoms with van der Waals surface area (Å²) in [6.07, 6.45) is 9.73. The molecule has 10 heteroatoms. The van der Waals surface area contributed by atoms with Gasteiger partial charge in [-0.3, -0.25) is 0 Å². The lowest BCUT2D eigenvalue weighted by molar-refractivity contribution is 0.461. The van der Waals surface area contributed by atoms with E-state index in [1.807, 2.05) is 0 Å². The van der Waals surface area contributed by atoms with E-state index in [0.717, 1.165) is 19.4 Å².